The van der Waals surface area contributed by atoms with Crippen LogP contribution in [0, 0.1) is 0 Å². The highest BCUT2D eigenvalue weighted by Crippen LogP contribution is 2.31. The summed E-state index contributed by atoms with van der Waals surface area (Å²) in [6.45, 7) is 0. The van der Waals surface area contributed by atoms with Gasteiger partial charge in [0.2, 0.25) is 0 Å². The van der Waals surface area contributed by atoms with Crippen molar-refractivity contribution < 1.29 is 4.79 Å². The molecule has 3 heterocycles. The Kier molecular flexibility index (Phi) is 4.92. The van der Waals surface area contributed by atoms with Crippen LogP contribution >= 0.6 is 22.7 Å². The smallest absolute Gasteiger partial charge is 0.267 e. The molecule has 0 saturated heterocycles. The monoisotopic (exact) mass is 429 g/mol. The van der Waals surface area contributed by atoms with Gasteiger partial charge in [0, 0.05) is 11.1 Å². The maximum Gasteiger partial charge on any atom is 0.267 e. The fraction of sp³-hybridized carbons (Fsp3) is 0. The summed E-state index contributed by atoms with van der Waals surface area (Å²) in [5, 5.41) is 13.1. The zero-order valence-electron chi connectivity index (χ0n) is 15.6. The molecule has 1 amide bonds. The molecule has 5 aromatic rings. The Labute approximate surface area is 180 Å². The van der Waals surface area contributed by atoms with Gasteiger partial charge in [-0.3, -0.25) is 9.89 Å². The molecule has 0 aliphatic heterocycles. The van der Waals surface area contributed by atoms with Crippen molar-refractivity contribution in [2.24, 2.45) is 0 Å². The third-order valence-corrected chi connectivity index (χ3v) is 6.44. The first-order chi connectivity index (χ1) is 14.8. The molecular weight excluding hydrogens is 414 g/mol. The van der Waals surface area contributed by atoms with Gasteiger partial charge in [-0.15, -0.1) is 22.7 Å². The van der Waals surface area contributed by atoms with E-state index in [1.54, 1.807) is 17.5 Å². The molecule has 2 aromatic carbocycles. The van der Waals surface area contributed by atoms with E-state index in [1.165, 1.54) is 11.3 Å². The van der Waals surface area contributed by atoms with Crippen molar-refractivity contribution in [1.82, 2.24) is 20.2 Å². The van der Waals surface area contributed by atoms with Crippen LogP contribution in [-0.4, -0.2) is 26.1 Å². The number of hydrogen-bond acceptors (Lipinski definition) is 6. The van der Waals surface area contributed by atoms with Gasteiger partial charge in [-0.2, -0.15) is 5.10 Å². The number of carbonyl (C=O) groups excluding carboxylic acids is 1. The molecule has 0 fully saturated rings. The van der Waals surface area contributed by atoms with E-state index in [1.807, 2.05) is 72.1 Å². The second kappa shape index (κ2) is 8.02. The van der Waals surface area contributed by atoms with Gasteiger partial charge in [-0.1, -0.05) is 48.5 Å². The molecule has 146 valence electrons. The molecule has 0 atom stereocenters. The van der Waals surface area contributed by atoms with Gasteiger partial charge in [-0.25, -0.2) is 9.97 Å². The summed E-state index contributed by atoms with van der Waals surface area (Å²) < 4.78 is 0. The van der Waals surface area contributed by atoms with Crippen LogP contribution in [-0.2, 0) is 0 Å². The van der Waals surface area contributed by atoms with E-state index < -0.39 is 0 Å². The van der Waals surface area contributed by atoms with Crippen LogP contribution in [0.15, 0.2) is 78.3 Å². The molecule has 3 aromatic heterocycles. The summed E-state index contributed by atoms with van der Waals surface area (Å²) in [7, 11) is 0. The highest BCUT2D eigenvalue weighted by Gasteiger charge is 2.16. The molecule has 30 heavy (non-hydrogen) atoms. The minimum absolute atomic E-state index is 0.203. The molecule has 0 aliphatic carbocycles. The lowest BCUT2D eigenvalue weighted by molar-refractivity contribution is 0.103. The van der Waals surface area contributed by atoms with Crippen molar-refractivity contribution in [2.45, 2.75) is 0 Å². The number of aromatic nitrogens is 4. The molecular formula is C22H15N5OS2. The molecule has 0 spiro atoms. The normalized spacial score (nSPS) is 10.8. The van der Waals surface area contributed by atoms with Crippen LogP contribution < -0.4 is 5.32 Å². The number of para-hydroxylation sites is 1. The lowest BCUT2D eigenvalue weighted by atomic mass is 10.1. The van der Waals surface area contributed by atoms with Crippen LogP contribution in [0.3, 0.4) is 0 Å². The quantitative estimate of drug-likeness (QED) is 0.382. The van der Waals surface area contributed by atoms with Crippen LogP contribution in [0.25, 0.3) is 32.7 Å². The Balaban J connectivity index is 1.40. The Morgan fingerprint density at radius 2 is 1.80 bits per heavy atom. The first-order valence-electron chi connectivity index (χ1n) is 9.16. The molecule has 0 saturated carbocycles. The van der Waals surface area contributed by atoms with Crippen LogP contribution in [0.1, 0.15) is 9.67 Å². The number of rotatable bonds is 5. The molecule has 0 unspecified atom stereocenters. The van der Waals surface area contributed by atoms with E-state index in [0.717, 1.165) is 21.0 Å². The molecule has 0 bridgehead atoms. The van der Waals surface area contributed by atoms with Crippen molar-refractivity contribution in [3.05, 3.63) is 83.2 Å². The average molecular weight is 430 g/mol. The van der Waals surface area contributed by atoms with Gasteiger partial charge in [0.1, 0.15) is 9.88 Å². The maximum absolute atomic E-state index is 12.8. The number of nitrogens with one attached hydrogen (secondary N) is 2. The largest absolute Gasteiger partial charge is 0.321 e. The van der Waals surface area contributed by atoms with Gasteiger partial charge >= 0.3 is 0 Å². The van der Waals surface area contributed by atoms with Crippen LogP contribution in [0.5, 0.6) is 0 Å². The fourth-order valence-corrected chi connectivity index (χ4v) is 4.59. The molecule has 2 N–H and O–H groups in total. The molecule has 0 radical (unpaired) electrons. The Morgan fingerprint density at radius 3 is 2.63 bits per heavy atom. The number of aromatic amines is 1. The van der Waals surface area contributed by atoms with Crippen molar-refractivity contribution in [1.29, 1.82) is 0 Å². The number of hydrogen-bond donors (Lipinski definition) is 2. The van der Waals surface area contributed by atoms with Crippen molar-refractivity contribution in [3.63, 3.8) is 0 Å². The molecule has 6 nitrogen and oxygen atoms in total. The van der Waals surface area contributed by atoms with Gasteiger partial charge in [0.15, 0.2) is 11.6 Å². The summed E-state index contributed by atoms with van der Waals surface area (Å²) in [4.78, 5) is 23.4. The minimum Gasteiger partial charge on any atom is -0.321 e. The average Bonchev–Trinajstić information content (AvgIpc) is 3.56. The highest BCUT2D eigenvalue weighted by molar-refractivity contribution is 7.22. The second-order valence-corrected chi connectivity index (χ2v) is 8.36. The summed E-state index contributed by atoms with van der Waals surface area (Å²) in [5.41, 5.74) is 2.35. The predicted molar refractivity (Wildman–Crippen MR) is 121 cm³/mol. The predicted octanol–water partition coefficient (Wildman–Crippen LogP) is 5.58. The van der Waals surface area contributed by atoms with Gasteiger partial charge in [0.05, 0.1) is 16.8 Å². The first-order valence-corrected chi connectivity index (χ1v) is 10.9. The van der Waals surface area contributed by atoms with Crippen LogP contribution in [0.4, 0.5) is 5.69 Å². The SMILES string of the molecule is O=C(Nc1ccccc1-c1nc(-c2ccccc2)n[nH]1)c1cnc(-c2cccs2)s1. The van der Waals surface area contributed by atoms with Crippen molar-refractivity contribution >= 4 is 34.3 Å². The number of thiophene rings is 1. The van der Waals surface area contributed by atoms with Crippen LogP contribution in [0.2, 0.25) is 0 Å². The number of amides is 1. The minimum atomic E-state index is -0.203. The number of H-pyrrole nitrogens is 1. The van der Waals surface area contributed by atoms with Gasteiger partial charge in [0.25, 0.3) is 5.91 Å². The molecule has 8 heteroatoms. The summed E-state index contributed by atoms with van der Waals surface area (Å²) in [6, 6.07) is 21.2. The van der Waals surface area contributed by atoms with Crippen molar-refractivity contribution in [3.8, 4) is 32.7 Å². The highest BCUT2D eigenvalue weighted by atomic mass is 32.1. The standard InChI is InChI=1S/C22H15N5OS2/c28-21(18-13-23-22(30-18)17-11-6-12-29-17)24-16-10-5-4-9-15(16)20-25-19(26-27-20)14-7-2-1-3-8-14/h1-13H,(H,24,28)(H,25,26,27). The summed E-state index contributed by atoms with van der Waals surface area (Å²) in [5.74, 6) is 0.994. The van der Waals surface area contributed by atoms with Gasteiger partial charge < -0.3 is 5.32 Å². The second-order valence-electron chi connectivity index (χ2n) is 6.38. The van der Waals surface area contributed by atoms with E-state index in [0.29, 0.717) is 22.2 Å². The number of nitrogens with zero attached hydrogens (tertiary/aromatic N) is 3. The van der Waals surface area contributed by atoms with E-state index >= 15 is 0 Å². The molecule has 5 rings (SSSR count). The zero-order chi connectivity index (χ0) is 20.3. The first kappa shape index (κ1) is 18.4. The Hall–Kier alpha value is -3.62. The third-order valence-electron chi connectivity index (χ3n) is 4.41. The van der Waals surface area contributed by atoms with Crippen molar-refractivity contribution in [2.75, 3.05) is 5.32 Å². The number of benzene rings is 2. The number of anilines is 1. The van der Waals surface area contributed by atoms with E-state index in [2.05, 4.69) is 25.5 Å². The lowest BCUT2D eigenvalue weighted by Crippen LogP contribution is -2.11. The number of carbonyl (C=O) groups is 1. The Bertz CT molecular complexity index is 1290. The summed E-state index contributed by atoms with van der Waals surface area (Å²) in [6.07, 6.45) is 1.61. The van der Waals surface area contributed by atoms with E-state index in [9.17, 15) is 4.79 Å². The Morgan fingerprint density at radius 1 is 0.967 bits per heavy atom. The maximum atomic E-state index is 12.8. The van der Waals surface area contributed by atoms with Gasteiger partial charge in [-0.05, 0) is 23.6 Å². The fourth-order valence-electron chi connectivity index (χ4n) is 2.97. The topological polar surface area (TPSA) is 83.6 Å². The zero-order valence-corrected chi connectivity index (χ0v) is 17.2. The molecule has 0 aliphatic rings. The van der Waals surface area contributed by atoms with E-state index in [-0.39, 0.29) is 5.91 Å². The number of thiazole rings is 1. The van der Waals surface area contributed by atoms with E-state index in [4.69, 9.17) is 0 Å². The summed E-state index contributed by atoms with van der Waals surface area (Å²) >= 11 is 2.97. The lowest BCUT2D eigenvalue weighted by Gasteiger charge is -2.08. The third kappa shape index (κ3) is 3.66.